The molecule has 7 aromatic rings. The monoisotopic (exact) mass is 1030 g/mol. The predicted molar refractivity (Wildman–Crippen MR) is 292 cm³/mol. The summed E-state index contributed by atoms with van der Waals surface area (Å²) in [6.07, 6.45) is 3.90. The summed E-state index contributed by atoms with van der Waals surface area (Å²) in [5.74, 6) is 0. The second-order valence-corrected chi connectivity index (χ2v) is 20.8. The second-order valence-electron chi connectivity index (χ2n) is 17.2. The number of nitrogens with one attached hydrogen (secondary N) is 1. The van der Waals surface area contributed by atoms with Crippen molar-refractivity contribution in [3.8, 4) is 0 Å². The number of morpholine rings is 3. The number of hydrogen-bond acceptors (Lipinski definition) is 11. The molecule has 3 saturated heterocycles. The molecule has 0 saturated carbocycles. The van der Waals surface area contributed by atoms with Crippen molar-refractivity contribution in [3.63, 3.8) is 0 Å². The van der Waals surface area contributed by atoms with Crippen molar-refractivity contribution >= 4 is 59.4 Å². The Labute approximate surface area is 438 Å². The minimum absolute atomic E-state index is 0.0722. The van der Waals surface area contributed by atoms with Gasteiger partial charge in [-0.2, -0.15) is 12.6 Å². The Morgan fingerprint density at radius 3 is 1.39 bits per heavy atom. The smallest absolute Gasteiger partial charge is 0.115 e. The van der Waals surface area contributed by atoms with Crippen LogP contribution >= 0.6 is 59.4 Å². The standard InChI is InChI=1S/C23H23ClN2OS.C18H21NOS.C16H17ClN2OS/c24-20-12-7-13-25-23(20)28-22(19-10-5-2-6-11-19)21-17-26(14-15-27-21)16-18-8-3-1-4-9-18;21-18(16-9-5-2-6-10-16)17-14-19(11-12-20-17)13-15-7-3-1-4-8-15;17-13-7-4-8-19-16(13)21-15(12-5-2-1-3-6-12)14-11-18-9-10-20-14/h1-13,21-22H,14-17H2;1-10,17-18,21H,11-14H2;1-8,14-15,18H,9-11H2/t21-,22-;17-,18-;14-,15-/m000/s1. The van der Waals surface area contributed by atoms with Crippen LogP contribution in [0.1, 0.15) is 43.6 Å². The van der Waals surface area contributed by atoms with Crippen molar-refractivity contribution in [2.45, 2.75) is 57.2 Å². The van der Waals surface area contributed by atoms with Gasteiger partial charge in [0.2, 0.25) is 0 Å². The van der Waals surface area contributed by atoms with E-state index in [0.29, 0.717) is 10.0 Å². The van der Waals surface area contributed by atoms with E-state index in [-0.39, 0.29) is 34.1 Å². The van der Waals surface area contributed by atoms with Crippen molar-refractivity contribution in [2.75, 3.05) is 59.1 Å². The van der Waals surface area contributed by atoms with Crippen LogP contribution in [0.15, 0.2) is 198 Å². The third kappa shape index (κ3) is 15.9. The Morgan fingerprint density at radius 1 is 0.514 bits per heavy atom. The third-order valence-electron chi connectivity index (χ3n) is 12.2. The van der Waals surface area contributed by atoms with Gasteiger partial charge in [0.1, 0.15) is 10.1 Å². The summed E-state index contributed by atoms with van der Waals surface area (Å²) in [6, 6.07) is 60.0. The Morgan fingerprint density at radius 2 is 0.929 bits per heavy atom. The number of halogens is 2. The Balaban J connectivity index is 0.000000143. The van der Waals surface area contributed by atoms with Crippen molar-refractivity contribution in [1.29, 1.82) is 0 Å². The first-order valence-corrected chi connectivity index (χ1v) is 27.0. The number of thiol groups is 1. The Hall–Kier alpha value is -4.21. The first-order valence-electron chi connectivity index (χ1n) is 23.9. The van der Waals surface area contributed by atoms with Gasteiger partial charge in [-0.05, 0) is 52.1 Å². The number of thioether (sulfide) groups is 2. The molecule has 0 radical (unpaired) electrons. The van der Waals surface area contributed by atoms with Crippen LogP contribution in [0.25, 0.3) is 0 Å². The molecule has 70 heavy (non-hydrogen) atoms. The van der Waals surface area contributed by atoms with Crippen LogP contribution in [-0.2, 0) is 27.3 Å². The fraction of sp³-hybridized carbons (Fsp3) is 0.298. The maximum absolute atomic E-state index is 6.40. The quantitative estimate of drug-likeness (QED) is 0.0813. The first kappa shape index (κ1) is 52.1. The maximum atomic E-state index is 6.40. The highest BCUT2D eigenvalue weighted by molar-refractivity contribution is 7.99. The largest absolute Gasteiger partial charge is 0.374 e. The molecule has 0 bridgehead atoms. The fourth-order valence-electron chi connectivity index (χ4n) is 8.61. The van der Waals surface area contributed by atoms with Crippen molar-refractivity contribution in [3.05, 3.63) is 226 Å². The molecule has 0 aliphatic carbocycles. The lowest BCUT2D eigenvalue weighted by Crippen LogP contribution is -2.44. The molecule has 0 amide bonds. The summed E-state index contributed by atoms with van der Waals surface area (Å²) in [5.41, 5.74) is 6.39. The van der Waals surface area contributed by atoms with Gasteiger partial charge < -0.3 is 19.5 Å². The van der Waals surface area contributed by atoms with Crippen LogP contribution in [0.5, 0.6) is 0 Å². The summed E-state index contributed by atoms with van der Waals surface area (Å²) in [5, 5.41) is 6.90. The third-order valence-corrected chi connectivity index (χ3v) is 16.4. The van der Waals surface area contributed by atoms with Gasteiger partial charge in [0.25, 0.3) is 0 Å². The van der Waals surface area contributed by atoms with Gasteiger partial charge >= 0.3 is 0 Å². The van der Waals surface area contributed by atoms with Crippen molar-refractivity contribution in [1.82, 2.24) is 25.1 Å². The van der Waals surface area contributed by atoms with Crippen LogP contribution in [0.2, 0.25) is 10.0 Å². The summed E-state index contributed by atoms with van der Waals surface area (Å²) in [7, 11) is 0. The van der Waals surface area contributed by atoms with E-state index in [1.165, 1.54) is 27.8 Å². The molecule has 6 atom stereocenters. The van der Waals surface area contributed by atoms with Crippen LogP contribution in [-0.4, -0.2) is 97.2 Å². The topological polar surface area (TPSA) is 72.0 Å². The second kappa shape index (κ2) is 28.1. The number of nitrogens with zero attached hydrogens (tertiary/aromatic N) is 4. The van der Waals surface area contributed by atoms with Crippen LogP contribution in [0.3, 0.4) is 0 Å². The molecule has 13 heteroatoms. The SMILES string of the molecule is Clc1cccnc1S[C@@H](c1ccccc1)[C@@H]1CN(Cc2ccccc2)CCO1.Clc1cccnc1S[C@@H](c1ccccc1)[C@@H]1CNCCO1.S[C@@H](c1ccccc1)[C@@H]1CN(Cc2ccccc2)CCO1. The molecule has 5 heterocycles. The zero-order valence-electron chi connectivity index (χ0n) is 39.2. The fourth-order valence-corrected chi connectivity index (χ4v) is 11.8. The lowest BCUT2D eigenvalue weighted by molar-refractivity contribution is -0.0320. The average Bonchev–Trinajstić information content (AvgIpc) is 3.42. The molecular formula is C57H61Cl2N5O3S3. The van der Waals surface area contributed by atoms with Crippen molar-refractivity contribution in [2.24, 2.45) is 0 Å². The molecular weight excluding hydrogens is 970 g/mol. The summed E-state index contributed by atoms with van der Waals surface area (Å²) in [6.45, 7) is 9.67. The molecule has 5 aromatic carbocycles. The summed E-state index contributed by atoms with van der Waals surface area (Å²) in [4.78, 5) is 13.8. The molecule has 3 fully saturated rings. The van der Waals surface area contributed by atoms with Crippen molar-refractivity contribution < 1.29 is 14.2 Å². The summed E-state index contributed by atoms with van der Waals surface area (Å²) < 4.78 is 18.1. The Kier molecular flexibility index (Phi) is 21.0. The molecule has 10 rings (SSSR count). The maximum Gasteiger partial charge on any atom is 0.115 e. The molecule has 364 valence electrons. The molecule has 1 N–H and O–H groups in total. The number of pyridine rings is 2. The van der Waals surface area contributed by atoms with Crippen LogP contribution < -0.4 is 5.32 Å². The number of ether oxygens (including phenoxy) is 3. The van der Waals surface area contributed by atoms with Crippen LogP contribution in [0, 0.1) is 0 Å². The summed E-state index contributed by atoms with van der Waals surface area (Å²) >= 11 is 20.8. The van der Waals surface area contributed by atoms with Gasteiger partial charge in [-0.15, -0.1) is 0 Å². The highest BCUT2D eigenvalue weighted by Gasteiger charge is 2.32. The van der Waals surface area contributed by atoms with E-state index in [1.54, 1.807) is 35.9 Å². The Bertz CT molecular complexity index is 2560. The first-order chi connectivity index (χ1) is 34.5. The minimum atomic E-state index is 0.0722. The lowest BCUT2D eigenvalue weighted by Gasteiger charge is -2.37. The van der Waals surface area contributed by atoms with E-state index in [1.807, 2.05) is 42.5 Å². The van der Waals surface area contributed by atoms with Gasteiger partial charge in [-0.1, -0.05) is 198 Å². The van der Waals surface area contributed by atoms with E-state index in [2.05, 4.69) is 159 Å². The van der Waals surface area contributed by atoms with E-state index in [4.69, 9.17) is 50.0 Å². The number of rotatable bonds is 14. The van der Waals surface area contributed by atoms with E-state index in [0.717, 1.165) is 82.2 Å². The molecule has 2 aromatic heterocycles. The highest BCUT2D eigenvalue weighted by Crippen LogP contribution is 2.43. The average molecular weight is 1030 g/mol. The molecule has 0 unspecified atom stereocenters. The van der Waals surface area contributed by atoms with Gasteiger partial charge in [0.15, 0.2) is 0 Å². The normalized spacial score (nSPS) is 19.8. The van der Waals surface area contributed by atoms with E-state index < -0.39 is 0 Å². The highest BCUT2D eigenvalue weighted by atomic mass is 35.5. The number of hydrogen-bond donors (Lipinski definition) is 2. The zero-order valence-corrected chi connectivity index (χ0v) is 43.2. The molecule has 8 nitrogen and oxygen atoms in total. The van der Waals surface area contributed by atoms with Gasteiger partial charge in [-0.25, -0.2) is 9.97 Å². The van der Waals surface area contributed by atoms with E-state index in [9.17, 15) is 0 Å². The van der Waals surface area contributed by atoms with Gasteiger partial charge in [-0.3, -0.25) is 9.80 Å². The molecule has 3 aliphatic heterocycles. The minimum Gasteiger partial charge on any atom is -0.374 e. The molecule has 3 aliphatic rings. The van der Waals surface area contributed by atoms with Crippen LogP contribution in [0.4, 0.5) is 0 Å². The van der Waals surface area contributed by atoms with Gasteiger partial charge in [0, 0.05) is 64.8 Å². The predicted octanol–water partition coefficient (Wildman–Crippen LogP) is 12.6. The zero-order chi connectivity index (χ0) is 48.2. The lowest BCUT2D eigenvalue weighted by atomic mass is 10.1. The van der Waals surface area contributed by atoms with Gasteiger partial charge in [0.05, 0.1) is 63.9 Å². The van der Waals surface area contributed by atoms with E-state index >= 15 is 0 Å². The number of benzene rings is 5. The number of aromatic nitrogens is 2. The molecule has 0 spiro atoms.